The number of nitrogens with zero attached hydrogens (tertiary/aromatic N) is 1. The fourth-order valence-electron chi connectivity index (χ4n) is 2.13. The molecule has 1 aromatic heterocycles. The molecule has 0 unspecified atom stereocenters. The minimum Gasteiger partial charge on any atom is -0.507 e. The summed E-state index contributed by atoms with van der Waals surface area (Å²) in [6.45, 7) is 0. The number of benzene rings is 2. The third kappa shape index (κ3) is 3.83. The molecule has 24 heavy (non-hydrogen) atoms. The van der Waals surface area contributed by atoms with Crippen LogP contribution in [0.2, 0.25) is 0 Å². The van der Waals surface area contributed by atoms with Gasteiger partial charge in [-0.25, -0.2) is 0 Å². The third-order valence-electron chi connectivity index (χ3n) is 3.39. The highest BCUT2D eigenvalue weighted by atomic mass is 79.9. The Morgan fingerprint density at radius 3 is 2.17 bits per heavy atom. The molecule has 0 fully saturated rings. The number of rotatable bonds is 3. The first-order chi connectivity index (χ1) is 11.5. The van der Waals surface area contributed by atoms with Crippen molar-refractivity contribution in [3.05, 3.63) is 85.0 Å². The van der Waals surface area contributed by atoms with Crippen molar-refractivity contribution < 1.29 is 5.11 Å². The number of aliphatic hydroxyl groups is 1. The summed E-state index contributed by atoms with van der Waals surface area (Å²) in [6.07, 6.45) is 1.35. The van der Waals surface area contributed by atoms with E-state index < -0.39 is 0 Å². The molecule has 2 N–H and O–H groups in total. The molecule has 0 atom stereocenters. The summed E-state index contributed by atoms with van der Waals surface area (Å²) in [6, 6.07) is 16.1. The van der Waals surface area contributed by atoms with E-state index in [-0.39, 0.29) is 16.9 Å². The summed E-state index contributed by atoms with van der Waals surface area (Å²) in [5, 5.41) is 17.1. The largest absolute Gasteiger partial charge is 0.507 e. The zero-order valence-electron chi connectivity index (χ0n) is 12.3. The fourth-order valence-corrected chi connectivity index (χ4v) is 2.66. The van der Waals surface area contributed by atoms with E-state index in [1.165, 1.54) is 12.1 Å². The van der Waals surface area contributed by atoms with E-state index in [1.807, 2.05) is 36.4 Å². The Balaban J connectivity index is 1.92. The maximum absolute atomic E-state index is 12.2. The molecule has 120 valence electrons. The molecule has 0 saturated carbocycles. The van der Waals surface area contributed by atoms with Gasteiger partial charge in [0.15, 0.2) is 0 Å². The van der Waals surface area contributed by atoms with Gasteiger partial charge >= 0.3 is 0 Å². The number of hydrogen-bond donors (Lipinski definition) is 2. The van der Waals surface area contributed by atoms with Crippen LogP contribution in [0.25, 0.3) is 23.1 Å². The Bertz CT molecular complexity index is 946. The van der Waals surface area contributed by atoms with Crippen LogP contribution in [0.5, 0.6) is 0 Å². The molecule has 3 rings (SSSR count). The average Bonchev–Trinajstić information content (AvgIpc) is 2.58. The maximum atomic E-state index is 12.2. The Labute approximate surface area is 155 Å². The number of aromatic amines is 1. The summed E-state index contributed by atoms with van der Waals surface area (Å²) in [4.78, 5) is 12.2. The molecule has 4 nitrogen and oxygen atoms in total. The first-order valence-electron chi connectivity index (χ1n) is 7.05. The maximum Gasteiger partial charge on any atom is 0.208 e. The normalized spacial score (nSPS) is 11.5. The lowest BCUT2D eigenvalue weighted by Crippen LogP contribution is -2.09. The van der Waals surface area contributed by atoms with Gasteiger partial charge in [0.25, 0.3) is 0 Å². The Hall–Kier alpha value is -2.18. The molecule has 0 aliphatic heterocycles. The first kappa shape index (κ1) is 16.7. The molecule has 0 spiro atoms. The van der Waals surface area contributed by atoms with Crippen LogP contribution in [0.15, 0.2) is 68.3 Å². The van der Waals surface area contributed by atoms with E-state index in [1.54, 1.807) is 12.1 Å². The molecule has 3 aromatic rings. The minimum absolute atomic E-state index is 0.0168. The molecular weight excluding hydrogens is 436 g/mol. The summed E-state index contributed by atoms with van der Waals surface area (Å²) in [7, 11) is 0. The molecule has 0 aliphatic rings. The van der Waals surface area contributed by atoms with Crippen molar-refractivity contribution in [1.29, 1.82) is 0 Å². The van der Waals surface area contributed by atoms with Crippen LogP contribution in [-0.2, 0) is 0 Å². The lowest BCUT2D eigenvalue weighted by Gasteiger charge is -2.03. The predicted molar refractivity (Wildman–Crippen MR) is 103 cm³/mol. The summed E-state index contributed by atoms with van der Waals surface area (Å²) in [5.74, 6) is -0.0168. The smallest absolute Gasteiger partial charge is 0.208 e. The number of aliphatic hydroxyl groups excluding tert-OH is 1. The van der Waals surface area contributed by atoms with Gasteiger partial charge < -0.3 is 5.11 Å². The van der Waals surface area contributed by atoms with Crippen molar-refractivity contribution in [3.63, 3.8) is 0 Å². The van der Waals surface area contributed by atoms with E-state index in [4.69, 9.17) is 0 Å². The molecule has 0 bridgehead atoms. The van der Waals surface area contributed by atoms with E-state index >= 15 is 0 Å². The van der Waals surface area contributed by atoms with Crippen molar-refractivity contribution in [2.45, 2.75) is 0 Å². The van der Waals surface area contributed by atoms with Gasteiger partial charge in [0.1, 0.15) is 11.5 Å². The fraction of sp³-hybridized carbons (Fsp3) is 0. The average molecular weight is 448 g/mol. The number of hydrogen-bond acceptors (Lipinski definition) is 3. The van der Waals surface area contributed by atoms with Crippen LogP contribution in [-0.4, -0.2) is 15.3 Å². The van der Waals surface area contributed by atoms with Crippen molar-refractivity contribution in [2.24, 2.45) is 0 Å². The van der Waals surface area contributed by atoms with Crippen LogP contribution in [0, 0.1) is 0 Å². The number of aromatic nitrogens is 2. The summed E-state index contributed by atoms with van der Waals surface area (Å²) >= 11 is 6.71. The number of halogens is 2. The molecule has 0 aliphatic carbocycles. The monoisotopic (exact) mass is 446 g/mol. The second-order valence-electron chi connectivity index (χ2n) is 5.07. The highest BCUT2D eigenvalue weighted by molar-refractivity contribution is 9.10. The van der Waals surface area contributed by atoms with Gasteiger partial charge in [-0.1, -0.05) is 56.1 Å². The van der Waals surface area contributed by atoms with Gasteiger partial charge in [0.2, 0.25) is 5.43 Å². The Morgan fingerprint density at radius 2 is 1.58 bits per heavy atom. The van der Waals surface area contributed by atoms with Crippen LogP contribution in [0.3, 0.4) is 0 Å². The third-order valence-corrected chi connectivity index (χ3v) is 4.45. The minimum atomic E-state index is -0.268. The molecule has 2 aromatic carbocycles. The zero-order valence-corrected chi connectivity index (χ0v) is 15.5. The van der Waals surface area contributed by atoms with E-state index in [2.05, 4.69) is 42.1 Å². The predicted octanol–water partition coefficient (Wildman–Crippen LogP) is 5.02. The van der Waals surface area contributed by atoms with Crippen LogP contribution < -0.4 is 5.43 Å². The zero-order chi connectivity index (χ0) is 17.1. The number of H-pyrrole nitrogens is 1. The van der Waals surface area contributed by atoms with Crippen LogP contribution in [0.1, 0.15) is 11.3 Å². The van der Waals surface area contributed by atoms with Gasteiger partial charge in [-0.2, -0.15) is 5.10 Å². The standard InChI is InChI=1S/C18H12Br2N2O2/c19-13-5-1-11(2-6-13)15-9-18(24)16(22-21-15)10-17(23)12-3-7-14(20)8-4-12/h1-10,23H,(H,21,24)/b17-10-. The Kier molecular flexibility index (Phi) is 4.97. The van der Waals surface area contributed by atoms with E-state index in [0.29, 0.717) is 11.3 Å². The molecule has 1 heterocycles. The van der Waals surface area contributed by atoms with Crippen LogP contribution in [0.4, 0.5) is 0 Å². The topological polar surface area (TPSA) is 66.0 Å². The quantitative estimate of drug-likeness (QED) is 0.554. The number of nitrogens with one attached hydrogen (secondary N) is 1. The van der Waals surface area contributed by atoms with Crippen LogP contribution >= 0.6 is 31.9 Å². The first-order valence-corrected chi connectivity index (χ1v) is 8.64. The van der Waals surface area contributed by atoms with Gasteiger partial charge in [0.05, 0.1) is 5.69 Å². The summed E-state index contributed by atoms with van der Waals surface area (Å²) < 4.78 is 1.87. The Morgan fingerprint density at radius 1 is 1.00 bits per heavy atom. The van der Waals surface area contributed by atoms with E-state index in [9.17, 15) is 9.90 Å². The highest BCUT2D eigenvalue weighted by Crippen LogP contribution is 2.19. The van der Waals surface area contributed by atoms with Gasteiger partial charge in [0, 0.05) is 26.7 Å². The van der Waals surface area contributed by atoms with E-state index in [0.717, 1.165) is 14.5 Å². The van der Waals surface area contributed by atoms with Crippen molar-refractivity contribution >= 4 is 43.7 Å². The van der Waals surface area contributed by atoms with Crippen molar-refractivity contribution in [2.75, 3.05) is 0 Å². The molecule has 0 amide bonds. The lowest BCUT2D eigenvalue weighted by atomic mass is 10.1. The second kappa shape index (κ2) is 7.15. The molecule has 0 saturated heterocycles. The summed E-state index contributed by atoms with van der Waals surface area (Å²) in [5.41, 5.74) is 1.96. The lowest BCUT2D eigenvalue weighted by molar-refractivity contribution is 0.515. The van der Waals surface area contributed by atoms with Gasteiger partial charge in [-0.15, -0.1) is 0 Å². The van der Waals surface area contributed by atoms with Crippen molar-refractivity contribution in [1.82, 2.24) is 10.2 Å². The highest BCUT2D eigenvalue weighted by Gasteiger charge is 2.06. The molecular formula is C18H12Br2N2O2. The molecule has 6 heteroatoms. The van der Waals surface area contributed by atoms with Gasteiger partial charge in [-0.3, -0.25) is 9.89 Å². The van der Waals surface area contributed by atoms with Crippen molar-refractivity contribution in [3.8, 4) is 11.3 Å². The second-order valence-corrected chi connectivity index (χ2v) is 6.91. The van der Waals surface area contributed by atoms with Gasteiger partial charge in [-0.05, 0) is 29.8 Å². The molecule has 0 radical (unpaired) electrons. The SMILES string of the molecule is O=c1cc(-c2ccc(Br)cc2)[nH]nc1/C=C(\O)c1ccc(Br)cc1.